The molecule has 0 heterocycles. The van der Waals surface area contributed by atoms with Crippen molar-refractivity contribution in [1.82, 2.24) is 4.72 Å². The van der Waals surface area contributed by atoms with Crippen LogP contribution in [0.25, 0.3) is 0 Å². The Hall–Kier alpha value is -1.14. The summed E-state index contributed by atoms with van der Waals surface area (Å²) < 4.78 is 40.1. The van der Waals surface area contributed by atoms with Crippen molar-refractivity contribution >= 4 is 15.7 Å². The van der Waals surface area contributed by atoms with Crippen molar-refractivity contribution in [2.45, 2.75) is 38.1 Å². The molecular weight excluding hydrogens is 255 g/mol. The zero-order chi connectivity index (χ0) is 13.9. The fourth-order valence-electron chi connectivity index (χ4n) is 1.89. The molecule has 0 aliphatic rings. The van der Waals surface area contributed by atoms with Crippen molar-refractivity contribution < 1.29 is 12.8 Å². The number of nitrogens with one attached hydrogen (secondary N) is 1. The van der Waals surface area contributed by atoms with Crippen LogP contribution in [0, 0.1) is 11.7 Å². The minimum absolute atomic E-state index is 0.0840. The standard InChI is InChI=1S/C12H19FN2O2S/c1-8(2)7-9(3)15-18(16,17)12-10(13)5-4-6-11(12)14/h4-6,8-9,15H,7,14H2,1-3H3. The summed E-state index contributed by atoms with van der Waals surface area (Å²) in [6.07, 6.45) is 0.674. The van der Waals surface area contributed by atoms with Gasteiger partial charge in [-0.15, -0.1) is 0 Å². The second kappa shape index (κ2) is 5.67. The molecule has 6 heteroatoms. The van der Waals surface area contributed by atoms with E-state index in [0.717, 1.165) is 6.07 Å². The molecule has 1 rings (SSSR count). The molecule has 102 valence electrons. The Labute approximate surface area is 107 Å². The first-order valence-corrected chi connectivity index (χ1v) is 7.28. The molecule has 0 bridgehead atoms. The molecule has 0 spiro atoms. The molecule has 0 radical (unpaired) electrons. The van der Waals surface area contributed by atoms with E-state index in [0.29, 0.717) is 12.3 Å². The maximum absolute atomic E-state index is 13.6. The highest BCUT2D eigenvalue weighted by atomic mass is 32.2. The summed E-state index contributed by atoms with van der Waals surface area (Å²) in [6.45, 7) is 5.72. The molecule has 0 saturated carbocycles. The molecule has 1 aromatic rings. The highest BCUT2D eigenvalue weighted by Crippen LogP contribution is 2.22. The second-order valence-corrected chi connectivity index (χ2v) is 6.46. The van der Waals surface area contributed by atoms with Crippen LogP contribution >= 0.6 is 0 Å². The van der Waals surface area contributed by atoms with Crippen molar-refractivity contribution in [2.24, 2.45) is 5.92 Å². The quantitative estimate of drug-likeness (QED) is 0.808. The van der Waals surface area contributed by atoms with Crippen LogP contribution in [0.4, 0.5) is 10.1 Å². The predicted octanol–water partition coefficient (Wildman–Crippen LogP) is 2.12. The molecule has 0 aliphatic heterocycles. The minimum Gasteiger partial charge on any atom is -0.398 e. The number of benzene rings is 1. The first-order valence-electron chi connectivity index (χ1n) is 5.80. The molecule has 1 atom stereocenters. The summed E-state index contributed by atoms with van der Waals surface area (Å²) in [5.74, 6) is -0.486. The van der Waals surface area contributed by atoms with Gasteiger partial charge in [-0.25, -0.2) is 17.5 Å². The zero-order valence-electron chi connectivity index (χ0n) is 10.8. The molecule has 3 N–H and O–H groups in total. The summed E-state index contributed by atoms with van der Waals surface area (Å²) in [7, 11) is -3.92. The van der Waals surface area contributed by atoms with Gasteiger partial charge in [-0.3, -0.25) is 0 Å². The smallest absolute Gasteiger partial charge is 0.245 e. The molecule has 0 aliphatic carbocycles. The van der Waals surface area contributed by atoms with E-state index in [-0.39, 0.29) is 11.7 Å². The summed E-state index contributed by atoms with van der Waals surface area (Å²) in [5.41, 5.74) is 5.44. The van der Waals surface area contributed by atoms with E-state index in [2.05, 4.69) is 4.72 Å². The number of rotatable bonds is 5. The molecule has 1 unspecified atom stereocenters. The fourth-order valence-corrected chi connectivity index (χ4v) is 3.33. The van der Waals surface area contributed by atoms with E-state index >= 15 is 0 Å². The fraction of sp³-hybridized carbons (Fsp3) is 0.500. The maximum Gasteiger partial charge on any atom is 0.245 e. The average molecular weight is 274 g/mol. The van der Waals surface area contributed by atoms with Crippen LogP contribution < -0.4 is 10.5 Å². The van der Waals surface area contributed by atoms with Crippen LogP contribution in [-0.2, 0) is 10.0 Å². The highest BCUT2D eigenvalue weighted by molar-refractivity contribution is 7.89. The number of sulfonamides is 1. The molecule has 1 aromatic carbocycles. The van der Waals surface area contributed by atoms with Gasteiger partial charge in [-0.05, 0) is 31.4 Å². The van der Waals surface area contributed by atoms with Gasteiger partial charge in [0.05, 0.1) is 5.69 Å². The molecule has 0 fully saturated rings. The molecular formula is C12H19FN2O2S. The third kappa shape index (κ3) is 3.68. The first kappa shape index (κ1) is 14.9. The summed E-state index contributed by atoms with van der Waals surface area (Å²) in [6, 6.07) is 3.55. The Balaban J connectivity index is 3.00. The largest absolute Gasteiger partial charge is 0.398 e. The molecule has 0 amide bonds. The highest BCUT2D eigenvalue weighted by Gasteiger charge is 2.24. The second-order valence-electron chi connectivity index (χ2n) is 4.81. The predicted molar refractivity (Wildman–Crippen MR) is 70.1 cm³/mol. The summed E-state index contributed by atoms with van der Waals surface area (Å²) >= 11 is 0. The first-order chi connectivity index (χ1) is 8.24. The third-order valence-corrected chi connectivity index (χ3v) is 4.13. The van der Waals surface area contributed by atoms with Gasteiger partial charge >= 0.3 is 0 Å². The Morgan fingerprint density at radius 2 is 1.94 bits per heavy atom. The zero-order valence-corrected chi connectivity index (χ0v) is 11.6. The number of anilines is 1. The van der Waals surface area contributed by atoms with Gasteiger partial charge in [0.2, 0.25) is 10.0 Å². The monoisotopic (exact) mass is 274 g/mol. The van der Waals surface area contributed by atoms with Gasteiger partial charge in [0.15, 0.2) is 0 Å². The van der Waals surface area contributed by atoms with E-state index in [1.165, 1.54) is 12.1 Å². The third-order valence-electron chi connectivity index (χ3n) is 2.45. The maximum atomic E-state index is 13.6. The van der Waals surface area contributed by atoms with Crippen molar-refractivity contribution in [3.63, 3.8) is 0 Å². The SMILES string of the molecule is CC(C)CC(C)NS(=O)(=O)c1c(N)cccc1F. The molecule has 0 aromatic heterocycles. The van der Waals surface area contributed by atoms with Crippen molar-refractivity contribution in [1.29, 1.82) is 0 Å². The van der Waals surface area contributed by atoms with E-state index in [9.17, 15) is 12.8 Å². The van der Waals surface area contributed by atoms with Gasteiger partial charge in [-0.2, -0.15) is 0 Å². The molecule has 4 nitrogen and oxygen atoms in total. The van der Waals surface area contributed by atoms with Crippen LogP contribution in [0.5, 0.6) is 0 Å². The van der Waals surface area contributed by atoms with Gasteiger partial charge in [0.1, 0.15) is 10.7 Å². The van der Waals surface area contributed by atoms with E-state index < -0.39 is 20.7 Å². The topological polar surface area (TPSA) is 72.2 Å². The van der Waals surface area contributed by atoms with Crippen LogP contribution in [-0.4, -0.2) is 14.5 Å². The summed E-state index contributed by atoms with van der Waals surface area (Å²) in [5, 5.41) is 0. The lowest BCUT2D eigenvalue weighted by molar-refractivity contribution is 0.480. The number of nitrogens with two attached hydrogens (primary N) is 1. The minimum atomic E-state index is -3.92. The van der Waals surface area contributed by atoms with Crippen LogP contribution in [0.15, 0.2) is 23.1 Å². The molecule has 0 saturated heterocycles. The van der Waals surface area contributed by atoms with E-state index in [1.54, 1.807) is 6.92 Å². The van der Waals surface area contributed by atoms with Crippen molar-refractivity contribution in [3.8, 4) is 0 Å². The van der Waals surface area contributed by atoms with Gasteiger partial charge in [0.25, 0.3) is 0 Å². The Kier molecular flexibility index (Phi) is 4.70. The van der Waals surface area contributed by atoms with Crippen LogP contribution in [0.3, 0.4) is 0 Å². The number of hydrogen-bond acceptors (Lipinski definition) is 3. The van der Waals surface area contributed by atoms with Gasteiger partial charge < -0.3 is 5.73 Å². The Bertz CT molecular complexity index is 495. The Morgan fingerprint density at radius 1 is 1.33 bits per heavy atom. The average Bonchev–Trinajstić information content (AvgIpc) is 2.13. The van der Waals surface area contributed by atoms with Crippen molar-refractivity contribution in [3.05, 3.63) is 24.0 Å². The summed E-state index contributed by atoms with van der Waals surface area (Å²) in [4.78, 5) is -0.472. The lowest BCUT2D eigenvalue weighted by atomic mass is 10.1. The number of nitrogen functional groups attached to an aromatic ring is 1. The van der Waals surface area contributed by atoms with E-state index in [1.807, 2.05) is 13.8 Å². The van der Waals surface area contributed by atoms with Crippen LogP contribution in [0.1, 0.15) is 27.2 Å². The Morgan fingerprint density at radius 3 is 2.44 bits per heavy atom. The van der Waals surface area contributed by atoms with Crippen molar-refractivity contribution in [2.75, 3.05) is 5.73 Å². The van der Waals surface area contributed by atoms with Crippen LogP contribution in [0.2, 0.25) is 0 Å². The molecule has 18 heavy (non-hydrogen) atoms. The van der Waals surface area contributed by atoms with Gasteiger partial charge in [-0.1, -0.05) is 19.9 Å². The lowest BCUT2D eigenvalue weighted by Crippen LogP contribution is -2.34. The lowest BCUT2D eigenvalue weighted by Gasteiger charge is -2.17. The normalized spacial score (nSPS) is 13.8. The van der Waals surface area contributed by atoms with E-state index in [4.69, 9.17) is 5.73 Å². The number of hydrogen-bond donors (Lipinski definition) is 2. The van der Waals surface area contributed by atoms with Gasteiger partial charge in [0, 0.05) is 6.04 Å². The number of halogens is 1.